The Bertz CT molecular complexity index is 1050. The van der Waals surface area contributed by atoms with Gasteiger partial charge in [-0.05, 0) is 39.4 Å². The Morgan fingerprint density at radius 1 is 0.595 bits per heavy atom. The molecule has 0 atom stereocenters. The third-order valence-electron chi connectivity index (χ3n) is 6.79. The van der Waals surface area contributed by atoms with Gasteiger partial charge in [0.15, 0.2) is 0 Å². The van der Waals surface area contributed by atoms with Crippen LogP contribution in [0, 0.1) is 6.07 Å². The summed E-state index contributed by atoms with van der Waals surface area (Å²) >= 11 is 0. The molecular formula is C34H46Cl2Zr. The molecular weight excluding hydrogens is 571 g/mol. The molecule has 0 aromatic heterocycles. The maximum absolute atomic E-state index is 3.90. The Labute approximate surface area is 259 Å². The molecule has 1 aliphatic rings. The number of hydrogen-bond donors (Lipinski definition) is 0. The average molecular weight is 617 g/mol. The summed E-state index contributed by atoms with van der Waals surface area (Å²) < 4.78 is 0. The van der Waals surface area contributed by atoms with Crippen molar-refractivity contribution in [3.05, 3.63) is 88.0 Å². The molecule has 200 valence electrons. The fourth-order valence-corrected chi connectivity index (χ4v) is 4.95. The predicted molar refractivity (Wildman–Crippen MR) is 150 cm³/mol. The van der Waals surface area contributed by atoms with Crippen LogP contribution in [0.1, 0.15) is 116 Å². The van der Waals surface area contributed by atoms with Crippen molar-refractivity contribution in [1.29, 1.82) is 0 Å². The molecule has 0 fully saturated rings. The van der Waals surface area contributed by atoms with Gasteiger partial charge in [0.2, 0.25) is 0 Å². The third kappa shape index (κ3) is 8.37. The van der Waals surface area contributed by atoms with E-state index in [9.17, 15) is 0 Å². The Kier molecular flexibility index (Phi) is 12.4. The minimum absolute atomic E-state index is 0. The fourth-order valence-electron chi connectivity index (χ4n) is 4.95. The summed E-state index contributed by atoms with van der Waals surface area (Å²) in [5, 5.41) is 0. The quantitative estimate of drug-likeness (QED) is 0.265. The molecule has 0 saturated heterocycles. The summed E-state index contributed by atoms with van der Waals surface area (Å²) in [5.74, 6) is 0. The van der Waals surface area contributed by atoms with Gasteiger partial charge in [-0.2, -0.15) is 35.9 Å². The van der Waals surface area contributed by atoms with Crippen LogP contribution in [0.25, 0.3) is 11.1 Å². The molecule has 0 heterocycles. The van der Waals surface area contributed by atoms with E-state index in [2.05, 4.69) is 107 Å². The van der Waals surface area contributed by atoms with Gasteiger partial charge < -0.3 is 24.8 Å². The second-order valence-corrected chi connectivity index (χ2v) is 14.1. The van der Waals surface area contributed by atoms with Gasteiger partial charge in [0.25, 0.3) is 0 Å². The Balaban J connectivity index is 0.00000145. The van der Waals surface area contributed by atoms with Crippen molar-refractivity contribution in [3.8, 4) is 11.1 Å². The van der Waals surface area contributed by atoms with Crippen LogP contribution in [0.15, 0.2) is 48.5 Å². The van der Waals surface area contributed by atoms with Crippen LogP contribution in [0.2, 0.25) is 0 Å². The molecule has 0 saturated carbocycles. The molecule has 37 heavy (non-hydrogen) atoms. The van der Waals surface area contributed by atoms with Gasteiger partial charge in [-0.15, -0.1) is 16.7 Å². The molecule has 0 aliphatic heterocycles. The van der Waals surface area contributed by atoms with Crippen molar-refractivity contribution in [2.75, 3.05) is 0 Å². The Hall–Kier alpha value is -0.747. The zero-order valence-corrected chi connectivity index (χ0v) is 29.1. The smallest absolute Gasteiger partial charge is 1.00 e. The summed E-state index contributed by atoms with van der Waals surface area (Å²) in [4.78, 5) is 0. The first-order valence-electron chi connectivity index (χ1n) is 12.9. The van der Waals surface area contributed by atoms with Gasteiger partial charge in [0, 0.05) is 0 Å². The Morgan fingerprint density at radius 2 is 1.03 bits per heavy atom. The molecule has 3 aromatic carbocycles. The first-order chi connectivity index (χ1) is 15.4. The van der Waals surface area contributed by atoms with Crippen molar-refractivity contribution in [1.82, 2.24) is 0 Å². The maximum atomic E-state index is 3.90. The van der Waals surface area contributed by atoms with E-state index < -0.39 is 0 Å². The van der Waals surface area contributed by atoms with Crippen LogP contribution in [0.5, 0.6) is 0 Å². The van der Waals surface area contributed by atoms with Crippen molar-refractivity contribution < 1.29 is 51.0 Å². The molecule has 0 nitrogen and oxygen atoms in total. The topological polar surface area (TPSA) is 0 Å². The van der Waals surface area contributed by atoms with Gasteiger partial charge >= 0.3 is 26.2 Å². The van der Waals surface area contributed by atoms with E-state index >= 15 is 0 Å². The van der Waals surface area contributed by atoms with Gasteiger partial charge in [0.05, 0.1) is 0 Å². The Morgan fingerprint density at radius 3 is 1.41 bits per heavy atom. The second kappa shape index (κ2) is 12.6. The summed E-state index contributed by atoms with van der Waals surface area (Å²) in [5.41, 5.74) is 11.9. The van der Waals surface area contributed by atoms with Crippen molar-refractivity contribution in [2.24, 2.45) is 0 Å². The minimum Gasteiger partial charge on any atom is -1.00 e. The van der Waals surface area contributed by atoms with Gasteiger partial charge in [0.1, 0.15) is 0 Å². The number of benzene rings is 2. The monoisotopic (exact) mass is 614 g/mol. The average Bonchev–Trinajstić information content (AvgIpc) is 3.34. The van der Waals surface area contributed by atoms with E-state index in [1.165, 1.54) is 44.5 Å². The number of halogens is 2. The largest absolute Gasteiger partial charge is 4.00 e. The standard InChI is InChI=1S/C29H41.C5H5.2ClH.Zr/c1-26(2,3)22-14-18-13-19-15-23(27(4,5)6)25(29(10,11)12)17-21(19)20(18)16-24(22)28(7,8)9;1-2-4-5-3-1;;;/h14,16-17H,13H2,1-12H3;1-5H;2*1H;/q2*-1;;;+4/p-2. The van der Waals surface area contributed by atoms with Crippen LogP contribution >= 0.6 is 0 Å². The molecule has 4 rings (SSSR count). The summed E-state index contributed by atoms with van der Waals surface area (Å²) in [6.45, 7) is 28.0. The fraction of sp³-hybridized carbons (Fsp3) is 0.500. The normalized spacial score (nSPS) is 12.6. The zero-order chi connectivity index (χ0) is 25.7. The summed E-state index contributed by atoms with van der Waals surface area (Å²) in [7, 11) is 0. The molecule has 0 radical (unpaired) electrons. The van der Waals surface area contributed by atoms with Gasteiger partial charge in [-0.25, -0.2) is 12.1 Å². The van der Waals surface area contributed by atoms with E-state index in [4.69, 9.17) is 0 Å². The van der Waals surface area contributed by atoms with Crippen LogP contribution < -0.4 is 24.8 Å². The van der Waals surface area contributed by atoms with Crippen molar-refractivity contribution >= 4 is 0 Å². The van der Waals surface area contributed by atoms with Gasteiger partial charge in [-0.1, -0.05) is 106 Å². The third-order valence-corrected chi connectivity index (χ3v) is 6.79. The number of hydrogen-bond acceptors (Lipinski definition) is 0. The summed E-state index contributed by atoms with van der Waals surface area (Å²) in [6, 6.07) is 21.4. The van der Waals surface area contributed by atoms with E-state index in [1.807, 2.05) is 30.3 Å². The molecule has 0 spiro atoms. The number of rotatable bonds is 0. The zero-order valence-electron chi connectivity index (χ0n) is 25.1. The van der Waals surface area contributed by atoms with Crippen LogP contribution in [-0.2, 0) is 54.3 Å². The molecule has 3 aromatic rings. The van der Waals surface area contributed by atoms with E-state index in [0.717, 1.165) is 6.42 Å². The first kappa shape index (κ1) is 36.3. The molecule has 0 amide bonds. The van der Waals surface area contributed by atoms with E-state index in [-0.39, 0.29) is 72.7 Å². The summed E-state index contributed by atoms with van der Waals surface area (Å²) in [6.07, 6.45) is 1.01. The molecule has 1 aliphatic carbocycles. The van der Waals surface area contributed by atoms with E-state index in [1.54, 1.807) is 0 Å². The van der Waals surface area contributed by atoms with Gasteiger partial charge in [-0.3, -0.25) is 0 Å². The molecule has 0 bridgehead atoms. The SMILES string of the molecule is CC(C)(C)c1[c-]c2c(cc1C(C)(C)C)-c1cc(C(C)(C)C)c(C(C)(C)C)cc1C2.[Cl-].[Cl-].[Zr+4].c1cc[cH-]c1. The first-order valence-corrected chi connectivity index (χ1v) is 12.9. The maximum Gasteiger partial charge on any atom is 4.00 e. The second-order valence-electron chi connectivity index (χ2n) is 14.1. The minimum atomic E-state index is 0. The van der Waals surface area contributed by atoms with Crippen LogP contribution in [-0.4, -0.2) is 0 Å². The predicted octanol–water partition coefficient (Wildman–Crippen LogP) is 3.66. The van der Waals surface area contributed by atoms with Crippen molar-refractivity contribution in [2.45, 2.75) is 111 Å². The molecule has 3 heteroatoms. The molecule has 0 unspecified atom stereocenters. The van der Waals surface area contributed by atoms with Crippen LogP contribution in [0.4, 0.5) is 0 Å². The van der Waals surface area contributed by atoms with Crippen LogP contribution in [0.3, 0.4) is 0 Å². The molecule has 0 N–H and O–H groups in total. The van der Waals surface area contributed by atoms with Crippen molar-refractivity contribution in [3.63, 3.8) is 0 Å². The number of fused-ring (bicyclic) bond motifs is 3. The van der Waals surface area contributed by atoms with E-state index in [0.29, 0.717) is 0 Å².